The van der Waals surface area contributed by atoms with Gasteiger partial charge in [-0.1, -0.05) is 34.8 Å². The van der Waals surface area contributed by atoms with E-state index in [0.717, 1.165) is 0 Å². The summed E-state index contributed by atoms with van der Waals surface area (Å²) < 4.78 is 26.7. The lowest BCUT2D eigenvalue weighted by Gasteiger charge is -2.33. The lowest BCUT2D eigenvalue weighted by Crippen LogP contribution is -2.52. The molecular formula is C11H14Cl4N2O2S. The molecule has 9 heteroatoms. The molecule has 0 amide bonds. The van der Waals surface area contributed by atoms with Crippen LogP contribution in [0.2, 0.25) is 15.1 Å². The van der Waals surface area contributed by atoms with E-state index in [1.807, 2.05) is 6.92 Å². The van der Waals surface area contributed by atoms with E-state index in [0.29, 0.717) is 24.7 Å². The van der Waals surface area contributed by atoms with E-state index in [4.69, 9.17) is 34.8 Å². The Morgan fingerprint density at radius 1 is 1.25 bits per heavy atom. The van der Waals surface area contributed by atoms with Crippen molar-refractivity contribution in [1.82, 2.24) is 9.62 Å². The molecule has 20 heavy (non-hydrogen) atoms. The SMILES string of the molecule is C[C@@H]1CNCCN1S(=O)(=O)c1c(Cl)cc(Cl)cc1Cl.Cl. The summed E-state index contributed by atoms with van der Waals surface area (Å²) >= 11 is 17.8. The largest absolute Gasteiger partial charge is 0.314 e. The zero-order valence-electron chi connectivity index (χ0n) is 10.6. The number of nitrogens with zero attached hydrogens (tertiary/aromatic N) is 1. The van der Waals surface area contributed by atoms with Gasteiger partial charge >= 0.3 is 0 Å². The lowest BCUT2D eigenvalue weighted by atomic mass is 10.3. The molecule has 0 radical (unpaired) electrons. The molecule has 0 aromatic heterocycles. The lowest BCUT2D eigenvalue weighted by molar-refractivity contribution is 0.284. The maximum atomic E-state index is 12.6. The molecule has 0 bridgehead atoms. The van der Waals surface area contributed by atoms with E-state index in [1.165, 1.54) is 16.4 Å². The molecule has 1 aliphatic heterocycles. The monoisotopic (exact) mass is 378 g/mol. The molecule has 114 valence electrons. The van der Waals surface area contributed by atoms with Gasteiger partial charge in [-0.3, -0.25) is 0 Å². The van der Waals surface area contributed by atoms with Crippen molar-refractivity contribution in [2.75, 3.05) is 19.6 Å². The second-order valence-corrected chi connectivity index (χ2v) is 7.45. The second kappa shape index (κ2) is 7.01. The van der Waals surface area contributed by atoms with Crippen molar-refractivity contribution < 1.29 is 8.42 Å². The van der Waals surface area contributed by atoms with Crippen molar-refractivity contribution in [1.29, 1.82) is 0 Å². The second-order valence-electron chi connectivity index (χ2n) is 4.37. The average Bonchev–Trinajstić information content (AvgIpc) is 2.27. The fraction of sp³-hybridized carbons (Fsp3) is 0.455. The first-order valence-electron chi connectivity index (χ1n) is 5.71. The molecule has 1 aromatic carbocycles. The standard InChI is InChI=1S/C11H13Cl3N2O2S.ClH/c1-7-6-15-2-3-16(7)19(17,18)11-9(13)4-8(12)5-10(11)14;/h4-5,7,15H,2-3,6H2,1H3;1H/t7-;/m1./s1. The summed E-state index contributed by atoms with van der Waals surface area (Å²) in [6, 6.07) is 2.62. The van der Waals surface area contributed by atoms with Gasteiger partial charge in [0.25, 0.3) is 0 Å². The smallest absolute Gasteiger partial charge is 0.246 e. The predicted octanol–water partition coefficient (Wildman–Crippen LogP) is 3.05. The van der Waals surface area contributed by atoms with Crippen molar-refractivity contribution in [2.24, 2.45) is 0 Å². The Bertz CT molecular complexity index is 571. The topological polar surface area (TPSA) is 49.4 Å². The number of piperazine rings is 1. The minimum Gasteiger partial charge on any atom is -0.314 e. The van der Waals surface area contributed by atoms with Gasteiger partial charge < -0.3 is 5.32 Å². The van der Waals surface area contributed by atoms with Gasteiger partial charge in [-0.15, -0.1) is 12.4 Å². The van der Waals surface area contributed by atoms with Gasteiger partial charge in [-0.05, 0) is 19.1 Å². The predicted molar refractivity (Wildman–Crippen MR) is 84.9 cm³/mol. The summed E-state index contributed by atoms with van der Waals surface area (Å²) in [4.78, 5) is -0.0750. The van der Waals surface area contributed by atoms with Crippen molar-refractivity contribution in [3.63, 3.8) is 0 Å². The van der Waals surface area contributed by atoms with Crippen LogP contribution in [-0.4, -0.2) is 38.4 Å². The molecule has 1 N–H and O–H groups in total. The van der Waals surface area contributed by atoms with Gasteiger partial charge in [0, 0.05) is 30.7 Å². The van der Waals surface area contributed by atoms with Crippen LogP contribution in [0.15, 0.2) is 17.0 Å². The maximum absolute atomic E-state index is 12.6. The normalized spacial score (nSPS) is 20.5. The first-order chi connectivity index (χ1) is 8.84. The van der Waals surface area contributed by atoms with Gasteiger partial charge in [0.15, 0.2) is 0 Å². The number of benzene rings is 1. The molecule has 0 aliphatic carbocycles. The highest BCUT2D eigenvalue weighted by atomic mass is 35.5. The quantitative estimate of drug-likeness (QED) is 0.858. The van der Waals surface area contributed by atoms with E-state index in [-0.39, 0.29) is 33.4 Å². The summed E-state index contributed by atoms with van der Waals surface area (Å²) in [5.74, 6) is 0. The van der Waals surface area contributed by atoms with E-state index in [9.17, 15) is 8.42 Å². The van der Waals surface area contributed by atoms with Crippen LogP contribution in [0.4, 0.5) is 0 Å². The van der Waals surface area contributed by atoms with Crippen LogP contribution < -0.4 is 5.32 Å². The van der Waals surface area contributed by atoms with Crippen molar-refractivity contribution >= 4 is 57.2 Å². The fourth-order valence-corrected chi connectivity index (χ4v) is 5.20. The minimum atomic E-state index is -3.72. The zero-order chi connectivity index (χ0) is 14.2. The zero-order valence-corrected chi connectivity index (χ0v) is 14.5. The van der Waals surface area contributed by atoms with Gasteiger partial charge in [-0.2, -0.15) is 4.31 Å². The van der Waals surface area contributed by atoms with Crippen LogP contribution in [0.3, 0.4) is 0 Å². The molecule has 1 fully saturated rings. The molecule has 1 heterocycles. The Balaban J connectivity index is 0.00000200. The van der Waals surface area contributed by atoms with Crippen molar-refractivity contribution in [2.45, 2.75) is 17.9 Å². The third-order valence-corrected chi connectivity index (χ3v) is 6.12. The molecule has 1 saturated heterocycles. The molecule has 1 aromatic rings. The summed E-state index contributed by atoms with van der Waals surface area (Å²) in [6.45, 7) is 3.43. The van der Waals surface area contributed by atoms with Crippen LogP contribution in [0.1, 0.15) is 6.92 Å². The number of hydrogen-bond acceptors (Lipinski definition) is 3. The Hall–Kier alpha value is 0.250. The van der Waals surface area contributed by atoms with E-state index in [2.05, 4.69) is 5.32 Å². The van der Waals surface area contributed by atoms with Crippen molar-refractivity contribution in [3.05, 3.63) is 27.2 Å². The van der Waals surface area contributed by atoms with Crippen LogP contribution in [-0.2, 0) is 10.0 Å². The number of rotatable bonds is 2. The van der Waals surface area contributed by atoms with Gasteiger partial charge in [0.1, 0.15) is 4.90 Å². The van der Waals surface area contributed by atoms with Crippen molar-refractivity contribution in [3.8, 4) is 0 Å². The van der Waals surface area contributed by atoms with E-state index in [1.54, 1.807) is 0 Å². The molecule has 4 nitrogen and oxygen atoms in total. The molecule has 0 saturated carbocycles. The molecule has 0 spiro atoms. The molecule has 0 unspecified atom stereocenters. The molecule has 1 aliphatic rings. The Labute approximate surface area is 139 Å². The van der Waals surface area contributed by atoms with Gasteiger partial charge in [-0.25, -0.2) is 8.42 Å². The molecule has 1 atom stereocenters. The number of halogens is 4. The van der Waals surface area contributed by atoms with Crippen LogP contribution in [0.25, 0.3) is 0 Å². The highest BCUT2D eigenvalue weighted by Crippen LogP contribution is 2.35. The highest BCUT2D eigenvalue weighted by Gasteiger charge is 2.34. The molecular weight excluding hydrogens is 366 g/mol. The van der Waals surface area contributed by atoms with Crippen LogP contribution >= 0.6 is 47.2 Å². The average molecular weight is 380 g/mol. The van der Waals surface area contributed by atoms with Gasteiger partial charge in [0.2, 0.25) is 10.0 Å². The fourth-order valence-electron chi connectivity index (χ4n) is 2.07. The summed E-state index contributed by atoms with van der Waals surface area (Å²) in [6.07, 6.45) is 0. The first-order valence-corrected chi connectivity index (χ1v) is 8.28. The Morgan fingerprint density at radius 2 is 1.80 bits per heavy atom. The number of nitrogens with one attached hydrogen (secondary N) is 1. The third kappa shape index (κ3) is 3.53. The summed E-state index contributed by atoms with van der Waals surface area (Å²) in [5.41, 5.74) is 0. The van der Waals surface area contributed by atoms with Gasteiger partial charge in [0.05, 0.1) is 10.0 Å². The van der Waals surface area contributed by atoms with E-state index < -0.39 is 10.0 Å². The highest BCUT2D eigenvalue weighted by molar-refractivity contribution is 7.89. The molecule has 2 rings (SSSR count). The Morgan fingerprint density at radius 3 is 2.30 bits per heavy atom. The third-order valence-electron chi connectivity index (χ3n) is 2.97. The Kier molecular flexibility index (Phi) is 6.41. The maximum Gasteiger partial charge on any atom is 0.246 e. The number of hydrogen-bond donors (Lipinski definition) is 1. The van der Waals surface area contributed by atoms with E-state index >= 15 is 0 Å². The summed E-state index contributed by atoms with van der Waals surface area (Å²) in [5, 5.41) is 3.53. The van der Waals surface area contributed by atoms with Crippen LogP contribution in [0.5, 0.6) is 0 Å². The van der Waals surface area contributed by atoms with Crippen LogP contribution in [0, 0.1) is 0 Å². The summed E-state index contributed by atoms with van der Waals surface area (Å²) in [7, 11) is -3.72. The first kappa shape index (κ1) is 18.3. The minimum absolute atomic E-state index is 0. The number of sulfonamides is 1.